The Labute approximate surface area is 136 Å². The van der Waals surface area contributed by atoms with E-state index in [1.807, 2.05) is 31.5 Å². The molecule has 0 unspecified atom stereocenters. The molecular formula is C15H15N5O2S. The van der Waals surface area contributed by atoms with E-state index in [9.17, 15) is 10.1 Å². The third-order valence-electron chi connectivity index (χ3n) is 3.46. The summed E-state index contributed by atoms with van der Waals surface area (Å²) in [6.45, 7) is 3.87. The molecule has 0 amide bonds. The average molecular weight is 329 g/mol. The molecule has 0 aliphatic carbocycles. The second kappa shape index (κ2) is 5.96. The maximum absolute atomic E-state index is 10.9. The van der Waals surface area contributed by atoms with Crippen molar-refractivity contribution in [3.8, 4) is 0 Å². The molecule has 7 nitrogen and oxygen atoms in total. The Bertz CT molecular complexity index is 886. The number of nitro groups is 1. The zero-order chi connectivity index (χ0) is 16.6. The van der Waals surface area contributed by atoms with Crippen LogP contribution in [0.4, 0.5) is 5.69 Å². The number of non-ortho nitro benzene ring substituents is 1. The number of fused-ring (bicyclic) bond motifs is 1. The molecule has 0 spiro atoms. The molecule has 23 heavy (non-hydrogen) atoms. The zero-order valence-electron chi connectivity index (χ0n) is 13.0. The molecule has 0 aliphatic heterocycles. The fourth-order valence-electron chi connectivity index (χ4n) is 2.37. The molecule has 2 heterocycles. The van der Waals surface area contributed by atoms with Gasteiger partial charge in [0, 0.05) is 30.6 Å². The van der Waals surface area contributed by atoms with Gasteiger partial charge in [0.1, 0.15) is 5.82 Å². The zero-order valence-corrected chi connectivity index (χ0v) is 13.8. The first-order chi connectivity index (χ1) is 10.9. The summed E-state index contributed by atoms with van der Waals surface area (Å²) < 4.78 is 1.94. The predicted molar refractivity (Wildman–Crippen MR) is 88.4 cm³/mol. The lowest BCUT2D eigenvalue weighted by Gasteiger charge is -2.03. The predicted octanol–water partition coefficient (Wildman–Crippen LogP) is 3.18. The van der Waals surface area contributed by atoms with E-state index < -0.39 is 4.92 Å². The Kier molecular flexibility index (Phi) is 3.99. The van der Waals surface area contributed by atoms with Crippen LogP contribution >= 0.6 is 11.8 Å². The number of aryl methyl sites for hydroxylation is 3. The van der Waals surface area contributed by atoms with Gasteiger partial charge in [-0.25, -0.2) is 15.0 Å². The van der Waals surface area contributed by atoms with Crippen molar-refractivity contribution in [3.05, 3.63) is 51.6 Å². The molecule has 2 aromatic heterocycles. The smallest absolute Gasteiger partial charge is 0.271 e. The van der Waals surface area contributed by atoms with Crippen molar-refractivity contribution >= 4 is 28.5 Å². The monoisotopic (exact) mass is 329 g/mol. The topological polar surface area (TPSA) is 86.7 Å². The lowest BCUT2D eigenvalue weighted by atomic mass is 10.3. The number of nitro benzene ring substituents is 1. The highest BCUT2D eigenvalue weighted by molar-refractivity contribution is 7.98. The number of benzene rings is 1. The van der Waals surface area contributed by atoms with Gasteiger partial charge in [-0.2, -0.15) is 0 Å². The van der Waals surface area contributed by atoms with Crippen LogP contribution in [0, 0.1) is 24.0 Å². The molecule has 118 valence electrons. The van der Waals surface area contributed by atoms with E-state index in [4.69, 9.17) is 0 Å². The number of hydrogen-bond donors (Lipinski definition) is 0. The van der Waals surface area contributed by atoms with E-state index in [1.165, 1.54) is 23.9 Å². The van der Waals surface area contributed by atoms with Crippen molar-refractivity contribution in [2.45, 2.75) is 24.8 Å². The molecule has 8 heteroatoms. The van der Waals surface area contributed by atoms with Crippen LogP contribution in [-0.4, -0.2) is 24.4 Å². The van der Waals surface area contributed by atoms with Gasteiger partial charge in [0.25, 0.3) is 5.69 Å². The minimum atomic E-state index is -0.411. The lowest BCUT2D eigenvalue weighted by Crippen LogP contribution is -1.98. The second-order valence-electron chi connectivity index (χ2n) is 5.24. The maximum atomic E-state index is 10.9. The van der Waals surface area contributed by atoms with Crippen molar-refractivity contribution < 1.29 is 4.92 Å². The van der Waals surface area contributed by atoms with Gasteiger partial charge in [-0.05, 0) is 26.0 Å². The molecule has 1 aromatic carbocycles. The van der Waals surface area contributed by atoms with Crippen LogP contribution < -0.4 is 0 Å². The van der Waals surface area contributed by atoms with Crippen molar-refractivity contribution in [2.75, 3.05) is 0 Å². The largest absolute Gasteiger partial charge is 0.330 e. The van der Waals surface area contributed by atoms with Crippen LogP contribution in [0.2, 0.25) is 0 Å². The Balaban J connectivity index is 1.88. The minimum Gasteiger partial charge on any atom is -0.330 e. The Hall–Kier alpha value is -2.48. The molecule has 3 rings (SSSR count). The van der Waals surface area contributed by atoms with E-state index >= 15 is 0 Å². The highest BCUT2D eigenvalue weighted by atomic mass is 32.2. The number of nitrogens with zero attached hydrogens (tertiary/aromatic N) is 5. The summed E-state index contributed by atoms with van der Waals surface area (Å²) in [4.78, 5) is 23.7. The molecule has 0 bridgehead atoms. The number of hydrogen-bond acceptors (Lipinski definition) is 6. The Morgan fingerprint density at radius 3 is 2.52 bits per heavy atom. The van der Waals surface area contributed by atoms with Crippen LogP contribution in [0.5, 0.6) is 0 Å². The van der Waals surface area contributed by atoms with Gasteiger partial charge < -0.3 is 4.57 Å². The van der Waals surface area contributed by atoms with Gasteiger partial charge in [0.05, 0.1) is 21.7 Å². The molecule has 3 aromatic rings. The van der Waals surface area contributed by atoms with Crippen LogP contribution in [0.25, 0.3) is 11.0 Å². The third kappa shape index (κ3) is 3.16. The normalized spacial score (nSPS) is 11.1. The summed E-state index contributed by atoms with van der Waals surface area (Å²) in [5, 5.41) is 11.6. The molecule has 0 saturated carbocycles. The first-order valence-electron chi connectivity index (χ1n) is 6.99. The van der Waals surface area contributed by atoms with E-state index in [2.05, 4.69) is 15.0 Å². The van der Waals surface area contributed by atoms with Crippen LogP contribution in [0.15, 0.2) is 29.4 Å². The van der Waals surface area contributed by atoms with Crippen molar-refractivity contribution in [1.29, 1.82) is 0 Å². The molecule has 0 fully saturated rings. The van der Waals surface area contributed by atoms with E-state index in [0.717, 1.165) is 22.7 Å². The lowest BCUT2D eigenvalue weighted by molar-refractivity contribution is -0.384. The van der Waals surface area contributed by atoms with E-state index in [1.54, 1.807) is 6.07 Å². The molecule has 0 saturated heterocycles. The van der Waals surface area contributed by atoms with E-state index in [0.29, 0.717) is 16.4 Å². The summed E-state index contributed by atoms with van der Waals surface area (Å²) in [5.74, 6) is 1.43. The summed E-state index contributed by atoms with van der Waals surface area (Å²) in [6, 6.07) is 6.64. The standard InChI is InChI=1S/C15H15N5O2S/c1-9-6-10(2)17-15(16-9)23-8-14-18-12-7-11(20(21)22)4-5-13(12)19(14)3/h4-7H,8H2,1-3H3. The third-order valence-corrected chi connectivity index (χ3v) is 4.30. The Morgan fingerprint density at radius 1 is 1.17 bits per heavy atom. The maximum Gasteiger partial charge on any atom is 0.271 e. The molecule has 0 N–H and O–H groups in total. The molecule has 0 atom stereocenters. The molecular weight excluding hydrogens is 314 g/mol. The van der Waals surface area contributed by atoms with Crippen molar-refractivity contribution in [3.63, 3.8) is 0 Å². The highest BCUT2D eigenvalue weighted by Gasteiger charge is 2.13. The van der Waals surface area contributed by atoms with Crippen LogP contribution in [0.1, 0.15) is 17.2 Å². The summed E-state index contributed by atoms with van der Waals surface area (Å²) >= 11 is 1.50. The number of thioether (sulfide) groups is 1. The average Bonchev–Trinajstić information content (AvgIpc) is 2.80. The minimum absolute atomic E-state index is 0.0486. The van der Waals surface area contributed by atoms with Gasteiger partial charge in [-0.1, -0.05) is 11.8 Å². The fourth-order valence-corrected chi connectivity index (χ4v) is 3.30. The Morgan fingerprint density at radius 2 is 1.87 bits per heavy atom. The fraction of sp³-hybridized carbons (Fsp3) is 0.267. The van der Waals surface area contributed by atoms with Crippen molar-refractivity contribution in [1.82, 2.24) is 19.5 Å². The second-order valence-corrected chi connectivity index (χ2v) is 6.18. The van der Waals surface area contributed by atoms with Gasteiger partial charge in [-0.3, -0.25) is 10.1 Å². The van der Waals surface area contributed by atoms with Gasteiger partial charge in [-0.15, -0.1) is 0 Å². The van der Waals surface area contributed by atoms with Crippen LogP contribution in [0.3, 0.4) is 0 Å². The number of imidazole rings is 1. The van der Waals surface area contributed by atoms with Gasteiger partial charge in [0.2, 0.25) is 0 Å². The van der Waals surface area contributed by atoms with E-state index in [-0.39, 0.29) is 5.69 Å². The highest BCUT2D eigenvalue weighted by Crippen LogP contribution is 2.25. The summed E-state index contributed by atoms with van der Waals surface area (Å²) in [5.41, 5.74) is 3.40. The van der Waals surface area contributed by atoms with Crippen LogP contribution in [-0.2, 0) is 12.8 Å². The first-order valence-corrected chi connectivity index (χ1v) is 7.97. The number of aromatic nitrogens is 4. The summed E-state index contributed by atoms with van der Waals surface area (Å²) in [6.07, 6.45) is 0. The quantitative estimate of drug-likeness (QED) is 0.316. The van der Waals surface area contributed by atoms with Gasteiger partial charge in [0.15, 0.2) is 5.16 Å². The van der Waals surface area contributed by atoms with Crippen molar-refractivity contribution in [2.24, 2.45) is 7.05 Å². The van der Waals surface area contributed by atoms with Gasteiger partial charge >= 0.3 is 0 Å². The first kappa shape index (κ1) is 15.4. The SMILES string of the molecule is Cc1cc(C)nc(SCc2nc3cc([N+](=O)[O-])ccc3n2C)n1. The molecule has 0 aliphatic rings. The molecule has 0 radical (unpaired) electrons. The summed E-state index contributed by atoms with van der Waals surface area (Å²) in [7, 11) is 1.90. The number of rotatable bonds is 4.